The fourth-order valence-corrected chi connectivity index (χ4v) is 2.36. The molecule has 132 valence electrons. The minimum atomic E-state index is -0.931. The number of carbonyl (C=O) groups is 2. The van der Waals surface area contributed by atoms with E-state index in [1.54, 1.807) is 24.3 Å². The van der Waals surface area contributed by atoms with Gasteiger partial charge in [0.05, 0.1) is 13.5 Å². The predicted octanol–water partition coefficient (Wildman–Crippen LogP) is 1.73. The van der Waals surface area contributed by atoms with Gasteiger partial charge in [0.25, 0.3) is 0 Å². The van der Waals surface area contributed by atoms with Gasteiger partial charge in [-0.1, -0.05) is 12.1 Å². The number of rotatable bonds is 7. The molecular weight excluding hydrogens is 330 g/mol. The average molecular weight is 348 g/mol. The zero-order chi connectivity index (χ0) is 18.4. The third-order valence-corrected chi connectivity index (χ3v) is 3.56. The minimum absolute atomic E-state index is 0.169. The second-order valence-corrected chi connectivity index (χ2v) is 5.53. The van der Waals surface area contributed by atoms with Crippen LogP contribution in [0.5, 0.6) is 5.75 Å². The summed E-state index contributed by atoms with van der Waals surface area (Å²) in [5, 5.41) is 2.49. The SMILES string of the molecule is COc1ccc(C[C@H](NC(=O)Cc2cc(F)cc(F)c2)C(N)=O)cc1. The Bertz CT molecular complexity index is 743. The van der Waals surface area contributed by atoms with E-state index in [9.17, 15) is 18.4 Å². The fraction of sp³-hybridized carbons (Fsp3) is 0.222. The molecule has 5 nitrogen and oxygen atoms in total. The number of halogens is 2. The lowest BCUT2D eigenvalue weighted by Gasteiger charge is -2.16. The molecule has 0 spiro atoms. The van der Waals surface area contributed by atoms with Gasteiger partial charge >= 0.3 is 0 Å². The van der Waals surface area contributed by atoms with Gasteiger partial charge in [-0.3, -0.25) is 9.59 Å². The molecule has 2 aromatic carbocycles. The molecule has 0 aliphatic rings. The number of hydrogen-bond donors (Lipinski definition) is 2. The van der Waals surface area contributed by atoms with Crippen molar-refractivity contribution in [2.45, 2.75) is 18.9 Å². The minimum Gasteiger partial charge on any atom is -0.497 e. The Morgan fingerprint density at radius 3 is 2.20 bits per heavy atom. The molecule has 2 rings (SSSR count). The van der Waals surface area contributed by atoms with Crippen molar-refractivity contribution >= 4 is 11.8 Å². The molecule has 3 N–H and O–H groups in total. The van der Waals surface area contributed by atoms with Crippen LogP contribution in [0.4, 0.5) is 8.78 Å². The summed E-state index contributed by atoms with van der Waals surface area (Å²) in [5.74, 6) is -2.13. The van der Waals surface area contributed by atoms with Crippen molar-refractivity contribution in [2.75, 3.05) is 7.11 Å². The molecule has 0 unspecified atom stereocenters. The van der Waals surface area contributed by atoms with Crippen molar-refractivity contribution in [3.63, 3.8) is 0 Å². The van der Waals surface area contributed by atoms with Gasteiger partial charge in [0.1, 0.15) is 23.4 Å². The maximum atomic E-state index is 13.2. The largest absolute Gasteiger partial charge is 0.497 e. The van der Waals surface area contributed by atoms with Crippen molar-refractivity contribution in [1.82, 2.24) is 5.32 Å². The Morgan fingerprint density at radius 2 is 1.68 bits per heavy atom. The molecule has 25 heavy (non-hydrogen) atoms. The van der Waals surface area contributed by atoms with Crippen LogP contribution in [-0.2, 0) is 22.4 Å². The Labute approximate surface area is 143 Å². The quantitative estimate of drug-likeness (QED) is 0.800. The number of primary amides is 1. The zero-order valence-electron chi connectivity index (χ0n) is 13.6. The summed E-state index contributed by atoms with van der Waals surface area (Å²) in [6, 6.07) is 8.87. The van der Waals surface area contributed by atoms with Crippen molar-refractivity contribution in [2.24, 2.45) is 5.73 Å². The molecule has 0 aliphatic heterocycles. The van der Waals surface area contributed by atoms with Crippen LogP contribution in [0.1, 0.15) is 11.1 Å². The lowest BCUT2D eigenvalue weighted by atomic mass is 10.0. The Kier molecular flexibility index (Phi) is 6.05. The van der Waals surface area contributed by atoms with Gasteiger partial charge in [-0.25, -0.2) is 8.78 Å². The molecule has 0 aromatic heterocycles. The highest BCUT2D eigenvalue weighted by Gasteiger charge is 2.19. The van der Waals surface area contributed by atoms with E-state index in [4.69, 9.17) is 10.5 Å². The number of hydrogen-bond acceptors (Lipinski definition) is 3. The van der Waals surface area contributed by atoms with Crippen molar-refractivity contribution in [3.8, 4) is 5.75 Å². The Hall–Kier alpha value is -2.96. The van der Waals surface area contributed by atoms with Crippen LogP contribution in [-0.4, -0.2) is 25.0 Å². The van der Waals surface area contributed by atoms with Crippen molar-refractivity contribution in [3.05, 3.63) is 65.2 Å². The molecule has 0 saturated carbocycles. The summed E-state index contributed by atoms with van der Waals surface area (Å²) in [6.45, 7) is 0. The molecule has 0 saturated heterocycles. The van der Waals surface area contributed by atoms with Crippen LogP contribution in [0.2, 0.25) is 0 Å². The summed E-state index contributed by atoms with van der Waals surface area (Å²) >= 11 is 0. The molecule has 7 heteroatoms. The van der Waals surface area contributed by atoms with Crippen molar-refractivity contribution in [1.29, 1.82) is 0 Å². The topological polar surface area (TPSA) is 81.4 Å². The van der Waals surface area contributed by atoms with Crippen LogP contribution in [0.3, 0.4) is 0 Å². The summed E-state index contributed by atoms with van der Waals surface area (Å²) in [6.07, 6.45) is -0.0658. The van der Waals surface area contributed by atoms with E-state index in [2.05, 4.69) is 5.32 Å². The van der Waals surface area contributed by atoms with Crippen LogP contribution < -0.4 is 15.8 Å². The summed E-state index contributed by atoms with van der Waals surface area (Å²) in [4.78, 5) is 23.6. The van der Waals surface area contributed by atoms with Gasteiger partial charge < -0.3 is 15.8 Å². The molecule has 0 aliphatic carbocycles. The fourth-order valence-electron chi connectivity index (χ4n) is 2.36. The predicted molar refractivity (Wildman–Crippen MR) is 87.9 cm³/mol. The molecular formula is C18H18F2N2O3. The summed E-state index contributed by atoms with van der Waals surface area (Å²) in [5.41, 5.74) is 6.28. The van der Waals surface area contributed by atoms with Gasteiger partial charge in [-0.2, -0.15) is 0 Å². The van der Waals surface area contributed by atoms with E-state index in [0.717, 1.165) is 23.8 Å². The molecule has 0 heterocycles. The normalized spacial score (nSPS) is 11.6. The second kappa shape index (κ2) is 8.23. The second-order valence-electron chi connectivity index (χ2n) is 5.53. The first-order valence-electron chi connectivity index (χ1n) is 7.54. The molecule has 1 atom stereocenters. The average Bonchev–Trinajstić information content (AvgIpc) is 2.53. The van der Waals surface area contributed by atoms with Crippen LogP contribution in [0.15, 0.2) is 42.5 Å². The number of nitrogens with one attached hydrogen (secondary N) is 1. The zero-order valence-corrected chi connectivity index (χ0v) is 13.6. The lowest BCUT2D eigenvalue weighted by molar-refractivity contribution is -0.127. The first-order chi connectivity index (χ1) is 11.9. The summed E-state index contributed by atoms with van der Waals surface area (Å²) < 4.78 is 31.4. The van der Waals surface area contributed by atoms with E-state index in [1.807, 2.05) is 0 Å². The van der Waals surface area contributed by atoms with Gasteiger partial charge in [-0.05, 0) is 35.4 Å². The highest BCUT2D eigenvalue weighted by molar-refractivity contribution is 5.87. The Morgan fingerprint density at radius 1 is 1.08 bits per heavy atom. The van der Waals surface area contributed by atoms with Gasteiger partial charge in [-0.15, -0.1) is 0 Å². The van der Waals surface area contributed by atoms with Gasteiger partial charge in [0.15, 0.2) is 0 Å². The first-order valence-corrected chi connectivity index (χ1v) is 7.54. The van der Waals surface area contributed by atoms with Gasteiger partial charge in [0, 0.05) is 12.5 Å². The van der Waals surface area contributed by atoms with Crippen LogP contribution >= 0.6 is 0 Å². The standard InChI is InChI=1S/C18H18F2N2O3/c1-25-15-4-2-11(3-5-15)8-16(18(21)24)22-17(23)9-12-6-13(19)10-14(20)7-12/h2-7,10,16H,8-9H2,1H3,(H2,21,24)(H,22,23)/t16-/m0/s1. The molecule has 2 aromatic rings. The molecule has 0 radical (unpaired) electrons. The first kappa shape index (κ1) is 18.4. The number of ether oxygens (including phenoxy) is 1. The number of carbonyl (C=O) groups excluding carboxylic acids is 2. The number of amides is 2. The number of benzene rings is 2. The lowest BCUT2D eigenvalue weighted by Crippen LogP contribution is -2.46. The smallest absolute Gasteiger partial charge is 0.240 e. The summed E-state index contributed by atoms with van der Waals surface area (Å²) in [7, 11) is 1.54. The third-order valence-electron chi connectivity index (χ3n) is 3.56. The van der Waals surface area contributed by atoms with E-state index in [-0.39, 0.29) is 18.4 Å². The molecule has 0 fully saturated rings. The van der Waals surface area contributed by atoms with Crippen molar-refractivity contribution < 1.29 is 23.1 Å². The third kappa shape index (κ3) is 5.56. The Balaban J connectivity index is 2.02. The highest BCUT2D eigenvalue weighted by atomic mass is 19.1. The van der Waals surface area contributed by atoms with Gasteiger partial charge in [0.2, 0.25) is 11.8 Å². The molecule has 2 amide bonds. The van der Waals surface area contributed by atoms with E-state index in [1.165, 1.54) is 7.11 Å². The number of nitrogens with two attached hydrogens (primary N) is 1. The van der Waals surface area contributed by atoms with Crippen LogP contribution in [0, 0.1) is 11.6 Å². The van der Waals surface area contributed by atoms with E-state index >= 15 is 0 Å². The number of methoxy groups -OCH3 is 1. The van der Waals surface area contributed by atoms with E-state index < -0.39 is 29.5 Å². The maximum Gasteiger partial charge on any atom is 0.240 e. The monoisotopic (exact) mass is 348 g/mol. The van der Waals surface area contributed by atoms with E-state index in [0.29, 0.717) is 5.75 Å². The highest BCUT2D eigenvalue weighted by Crippen LogP contribution is 2.13. The maximum absolute atomic E-state index is 13.2. The molecule has 0 bridgehead atoms. The van der Waals surface area contributed by atoms with Crippen LogP contribution in [0.25, 0.3) is 0 Å².